The van der Waals surface area contributed by atoms with Gasteiger partial charge in [0.05, 0.1) is 5.41 Å². The van der Waals surface area contributed by atoms with Crippen molar-refractivity contribution in [1.82, 2.24) is 0 Å². The van der Waals surface area contributed by atoms with Crippen LogP contribution in [-0.4, -0.2) is 22.1 Å². The molecule has 122 valence electrons. The van der Waals surface area contributed by atoms with E-state index in [9.17, 15) is 19.4 Å². The molecule has 0 amide bonds. The lowest BCUT2D eigenvalue weighted by Crippen LogP contribution is -2.39. The zero-order valence-corrected chi connectivity index (χ0v) is 14.7. The van der Waals surface area contributed by atoms with Crippen LogP contribution in [-0.2, 0) is 9.36 Å². The zero-order valence-electron chi connectivity index (χ0n) is 13.8. The van der Waals surface area contributed by atoms with E-state index in [2.05, 4.69) is 0 Å². The Bertz CT molecular complexity index is 617. The molecule has 0 aliphatic heterocycles. The molecule has 1 aromatic carbocycles. The molecule has 0 saturated carbocycles. The van der Waals surface area contributed by atoms with Crippen molar-refractivity contribution in [2.24, 2.45) is 11.3 Å². The number of hydrogen-bond donors (Lipinski definition) is 2. The monoisotopic (exact) mass is 324 g/mol. The largest absolute Gasteiger partial charge is 0.481 e. The second-order valence-corrected chi connectivity index (χ2v) is 8.56. The van der Waals surface area contributed by atoms with Gasteiger partial charge in [0.15, 0.2) is 0 Å². The maximum atomic E-state index is 12.7. The first-order chi connectivity index (χ1) is 10.0. The normalized spacial score (nSPS) is 17.9. The second kappa shape index (κ2) is 6.80. The molecule has 0 fully saturated rings. The Balaban J connectivity index is 3.25. The Kier molecular flexibility index (Phi) is 5.77. The Morgan fingerprint density at radius 3 is 2.14 bits per heavy atom. The molecular weight excluding hydrogens is 299 g/mol. The molecule has 1 aromatic rings. The van der Waals surface area contributed by atoms with Crippen molar-refractivity contribution in [2.75, 3.05) is 6.16 Å². The first-order valence-electron chi connectivity index (χ1n) is 7.27. The predicted molar refractivity (Wildman–Crippen MR) is 89.7 cm³/mol. The van der Waals surface area contributed by atoms with Gasteiger partial charge in [-0.15, -0.1) is 0 Å². The van der Waals surface area contributed by atoms with Gasteiger partial charge in [-0.3, -0.25) is 9.36 Å². The van der Waals surface area contributed by atoms with Crippen LogP contribution in [0.15, 0.2) is 41.5 Å². The minimum atomic E-state index is -3.75. The van der Waals surface area contributed by atoms with Crippen LogP contribution in [0.4, 0.5) is 0 Å². The van der Waals surface area contributed by atoms with Gasteiger partial charge in [-0.05, 0) is 45.7 Å². The van der Waals surface area contributed by atoms with Crippen LogP contribution >= 0.6 is 7.37 Å². The van der Waals surface area contributed by atoms with E-state index in [0.29, 0.717) is 5.30 Å². The smallest absolute Gasteiger partial charge is 0.310 e. The summed E-state index contributed by atoms with van der Waals surface area (Å²) in [5.41, 5.74) is 0.673. The summed E-state index contributed by atoms with van der Waals surface area (Å²) in [7, 11) is -3.75. The van der Waals surface area contributed by atoms with Gasteiger partial charge >= 0.3 is 5.97 Å². The Hall–Kier alpha value is -1.38. The standard InChI is InChI=1S/C17H25O4P/c1-12(2)13(3)14(4)17(5,16(18)19)11-22(20,21)15-9-7-6-8-10-15/h6-10,14H,11H2,1-5H3,(H,18,19)(H,20,21). The Labute approximate surface area is 132 Å². The third kappa shape index (κ3) is 3.88. The lowest BCUT2D eigenvalue weighted by molar-refractivity contribution is -0.148. The number of allylic oxidation sites excluding steroid dienone is 2. The molecule has 3 unspecified atom stereocenters. The first-order valence-corrected chi connectivity index (χ1v) is 9.11. The van der Waals surface area contributed by atoms with Crippen molar-refractivity contribution in [3.8, 4) is 0 Å². The van der Waals surface area contributed by atoms with Crippen molar-refractivity contribution in [3.63, 3.8) is 0 Å². The van der Waals surface area contributed by atoms with E-state index in [-0.39, 0.29) is 12.1 Å². The molecule has 0 bridgehead atoms. The van der Waals surface area contributed by atoms with Crippen LogP contribution in [0.25, 0.3) is 0 Å². The van der Waals surface area contributed by atoms with Gasteiger partial charge in [0.2, 0.25) is 7.37 Å². The van der Waals surface area contributed by atoms with Gasteiger partial charge in [-0.25, -0.2) is 0 Å². The predicted octanol–water partition coefficient (Wildman–Crippen LogP) is 3.67. The van der Waals surface area contributed by atoms with Gasteiger partial charge in [-0.1, -0.05) is 36.3 Å². The molecule has 0 aliphatic rings. The molecule has 0 aliphatic carbocycles. The van der Waals surface area contributed by atoms with E-state index in [1.54, 1.807) is 44.2 Å². The Morgan fingerprint density at radius 1 is 1.23 bits per heavy atom. The quantitative estimate of drug-likeness (QED) is 0.618. The molecule has 22 heavy (non-hydrogen) atoms. The number of rotatable bonds is 6. The van der Waals surface area contributed by atoms with Crippen molar-refractivity contribution in [3.05, 3.63) is 41.5 Å². The van der Waals surface area contributed by atoms with Crippen LogP contribution in [0.3, 0.4) is 0 Å². The molecule has 0 saturated heterocycles. The number of carboxylic acids is 1. The summed E-state index contributed by atoms with van der Waals surface area (Å²) in [6.07, 6.45) is -0.287. The van der Waals surface area contributed by atoms with Crippen molar-refractivity contribution >= 4 is 18.6 Å². The molecule has 4 nitrogen and oxygen atoms in total. The molecule has 1 rings (SSSR count). The van der Waals surface area contributed by atoms with E-state index < -0.39 is 18.8 Å². The highest BCUT2D eigenvalue weighted by Crippen LogP contribution is 2.49. The fourth-order valence-electron chi connectivity index (χ4n) is 2.50. The SMILES string of the molecule is CC(C)=C(C)C(C)C(C)(CP(=O)(O)c1ccccc1)C(=O)O. The lowest BCUT2D eigenvalue weighted by Gasteiger charge is -2.34. The number of hydrogen-bond acceptors (Lipinski definition) is 2. The van der Waals surface area contributed by atoms with E-state index in [0.717, 1.165) is 11.1 Å². The van der Waals surface area contributed by atoms with E-state index in [4.69, 9.17) is 0 Å². The summed E-state index contributed by atoms with van der Waals surface area (Å²) in [5.74, 6) is -1.38. The Morgan fingerprint density at radius 2 is 1.73 bits per heavy atom. The number of carboxylic acid groups (broad SMARTS) is 1. The fraction of sp³-hybridized carbons (Fsp3) is 0.471. The second-order valence-electron chi connectivity index (χ2n) is 6.32. The third-order valence-electron chi connectivity index (χ3n) is 4.58. The topological polar surface area (TPSA) is 74.6 Å². The summed E-state index contributed by atoms with van der Waals surface area (Å²) in [6, 6.07) is 8.26. The van der Waals surface area contributed by atoms with Crippen molar-refractivity contribution in [2.45, 2.75) is 34.6 Å². The zero-order chi connectivity index (χ0) is 17.1. The summed E-state index contributed by atoms with van der Waals surface area (Å²) >= 11 is 0. The van der Waals surface area contributed by atoms with Gasteiger partial charge in [-0.2, -0.15) is 0 Å². The summed E-state index contributed by atoms with van der Waals surface area (Å²) in [5, 5.41) is 9.98. The van der Waals surface area contributed by atoms with Crippen LogP contribution in [0.1, 0.15) is 34.6 Å². The van der Waals surface area contributed by atoms with Crippen LogP contribution in [0.2, 0.25) is 0 Å². The molecule has 3 atom stereocenters. The van der Waals surface area contributed by atoms with Gasteiger partial charge in [0.25, 0.3) is 0 Å². The maximum Gasteiger partial charge on any atom is 0.310 e. The maximum absolute atomic E-state index is 12.7. The molecule has 2 N–H and O–H groups in total. The number of aliphatic carboxylic acids is 1. The minimum Gasteiger partial charge on any atom is -0.481 e. The highest BCUT2D eigenvalue weighted by atomic mass is 31.2. The average Bonchev–Trinajstić information content (AvgIpc) is 2.45. The number of benzene rings is 1. The average molecular weight is 324 g/mol. The van der Waals surface area contributed by atoms with Crippen LogP contribution < -0.4 is 5.30 Å². The first kappa shape index (κ1) is 18.7. The summed E-state index contributed by atoms with van der Waals surface area (Å²) in [6.45, 7) is 9.08. The van der Waals surface area contributed by atoms with Crippen LogP contribution in [0, 0.1) is 11.3 Å². The summed E-state index contributed by atoms with van der Waals surface area (Å²) < 4.78 is 12.7. The van der Waals surface area contributed by atoms with Gasteiger partial charge < -0.3 is 10.00 Å². The van der Waals surface area contributed by atoms with Crippen molar-refractivity contribution < 1.29 is 19.4 Å². The third-order valence-corrected chi connectivity index (χ3v) is 6.78. The van der Waals surface area contributed by atoms with Crippen molar-refractivity contribution in [1.29, 1.82) is 0 Å². The van der Waals surface area contributed by atoms with Gasteiger partial charge in [0, 0.05) is 11.5 Å². The summed E-state index contributed by atoms with van der Waals surface area (Å²) in [4.78, 5) is 22.3. The fourth-order valence-corrected chi connectivity index (χ4v) is 4.62. The molecule has 5 heteroatoms. The highest BCUT2D eigenvalue weighted by molar-refractivity contribution is 7.66. The molecule has 0 spiro atoms. The van der Waals surface area contributed by atoms with Gasteiger partial charge in [0.1, 0.15) is 0 Å². The van der Waals surface area contributed by atoms with Crippen LogP contribution in [0.5, 0.6) is 0 Å². The van der Waals surface area contributed by atoms with E-state index in [1.165, 1.54) is 0 Å². The van der Waals surface area contributed by atoms with E-state index >= 15 is 0 Å². The molecular formula is C17H25O4P. The van der Waals surface area contributed by atoms with E-state index in [1.807, 2.05) is 20.8 Å². The number of carbonyl (C=O) groups is 1. The highest BCUT2D eigenvalue weighted by Gasteiger charge is 2.45. The molecule has 0 heterocycles. The molecule has 0 aromatic heterocycles. The molecule has 0 radical (unpaired) electrons. The lowest BCUT2D eigenvalue weighted by atomic mass is 9.75. The minimum absolute atomic E-state index is 0.287.